The molecule has 0 aromatic carbocycles. The second kappa shape index (κ2) is 6.97. The largest absolute Gasteiger partial charge is 0.390 e. The summed E-state index contributed by atoms with van der Waals surface area (Å²) in [5.74, 6) is 0.978. The van der Waals surface area contributed by atoms with E-state index >= 15 is 0 Å². The molecule has 3 nitrogen and oxygen atoms in total. The molecule has 1 N–H and O–H groups in total. The van der Waals surface area contributed by atoms with E-state index in [1.165, 1.54) is 0 Å². The summed E-state index contributed by atoms with van der Waals surface area (Å²) >= 11 is 0. The normalized spacial score (nSPS) is 25.1. The fraction of sp³-hybridized carbons (Fsp3) is 1.00. The zero-order chi connectivity index (χ0) is 15.6. The standard InChI is InChI=1S/C18H36N2O/c1-14(2)19-10-6-16(7-11-19)18(5,21)17-8-12-20(13-9-17)15(3)4/h14-17,21H,6-13H2,1-5H3. The van der Waals surface area contributed by atoms with E-state index in [1.807, 2.05) is 0 Å². The summed E-state index contributed by atoms with van der Waals surface area (Å²) in [5.41, 5.74) is -0.466. The minimum Gasteiger partial charge on any atom is -0.390 e. The Balaban J connectivity index is 1.88. The van der Waals surface area contributed by atoms with Crippen molar-refractivity contribution in [2.45, 2.75) is 78.0 Å². The van der Waals surface area contributed by atoms with Gasteiger partial charge in [0, 0.05) is 12.1 Å². The molecule has 0 saturated carbocycles. The molecule has 2 heterocycles. The number of hydrogen-bond donors (Lipinski definition) is 1. The minimum absolute atomic E-state index is 0.466. The van der Waals surface area contributed by atoms with E-state index in [2.05, 4.69) is 44.4 Å². The van der Waals surface area contributed by atoms with Gasteiger partial charge in [0.15, 0.2) is 0 Å². The van der Waals surface area contributed by atoms with E-state index in [1.54, 1.807) is 0 Å². The number of hydrogen-bond acceptors (Lipinski definition) is 3. The highest BCUT2D eigenvalue weighted by molar-refractivity contribution is 4.94. The lowest BCUT2D eigenvalue weighted by Crippen LogP contribution is -2.52. The molecule has 0 aliphatic carbocycles. The van der Waals surface area contributed by atoms with Crippen LogP contribution in [0.5, 0.6) is 0 Å². The molecule has 2 aliphatic heterocycles. The fourth-order valence-electron chi connectivity index (χ4n) is 4.33. The Bertz CT molecular complexity index is 281. The van der Waals surface area contributed by atoms with E-state index in [-0.39, 0.29) is 0 Å². The number of aliphatic hydroxyl groups is 1. The third kappa shape index (κ3) is 4.00. The lowest BCUT2D eigenvalue weighted by molar-refractivity contribution is -0.0925. The van der Waals surface area contributed by atoms with Crippen molar-refractivity contribution in [3.05, 3.63) is 0 Å². The Kier molecular flexibility index (Phi) is 5.72. The molecule has 0 radical (unpaired) electrons. The van der Waals surface area contributed by atoms with Crippen molar-refractivity contribution in [2.75, 3.05) is 26.2 Å². The Morgan fingerprint density at radius 3 is 1.29 bits per heavy atom. The first-order valence-electron chi connectivity index (χ1n) is 9.02. The van der Waals surface area contributed by atoms with Crippen LogP contribution in [0.3, 0.4) is 0 Å². The zero-order valence-corrected chi connectivity index (χ0v) is 14.8. The molecule has 0 bridgehead atoms. The van der Waals surface area contributed by atoms with Gasteiger partial charge in [0.05, 0.1) is 5.60 Å². The van der Waals surface area contributed by atoms with E-state index < -0.39 is 5.60 Å². The van der Waals surface area contributed by atoms with Crippen molar-refractivity contribution in [1.82, 2.24) is 9.80 Å². The van der Waals surface area contributed by atoms with Crippen LogP contribution in [0.4, 0.5) is 0 Å². The molecule has 124 valence electrons. The quantitative estimate of drug-likeness (QED) is 0.864. The lowest BCUT2D eigenvalue weighted by atomic mass is 9.70. The third-order valence-electron chi connectivity index (χ3n) is 6.17. The number of piperidine rings is 2. The topological polar surface area (TPSA) is 26.7 Å². The van der Waals surface area contributed by atoms with Gasteiger partial charge in [0.25, 0.3) is 0 Å². The highest BCUT2D eigenvalue weighted by Gasteiger charge is 2.42. The van der Waals surface area contributed by atoms with Crippen LogP contribution < -0.4 is 0 Å². The average molecular weight is 296 g/mol. The van der Waals surface area contributed by atoms with Crippen LogP contribution in [0.15, 0.2) is 0 Å². The summed E-state index contributed by atoms with van der Waals surface area (Å²) in [4.78, 5) is 5.10. The van der Waals surface area contributed by atoms with Gasteiger partial charge >= 0.3 is 0 Å². The van der Waals surface area contributed by atoms with Gasteiger partial charge in [-0.25, -0.2) is 0 Å². The van der Waals surface area contributed by atoms with Crippen molar-refractivity contribution in [3.63, 3.8) is 0 Å². The smallest absolute Gasteiger partial charge is 0.0677 e. The summed E-state index contributed by atoms with van der Waals surface area (Å²) in [6, 6.07) is 1.29. The molecular weight excluding hydrogens is 260 g/mol. The van der Waals surface area contributed by atoms with Gasteiger partial charge in [-0.1, -0.05) is 0 Å². The van der Waals surface area contributed by atoms with Crippen molar-refractivity contribution in [1.29, 1.82) is 0 Å². The summed E-state index contributed by atoms with van der Waals surface area (Å²) in [7, 11) is 0. The maximum absolute atomic E-state index is 11.2. The third-order valence-corrected chi connectivity index (χ3v) is 6.17. The molecule has 3 heteroatoms. The molecule has 0 amide bonds. The van der Waals surface area contributed by atoms with E-state index in [9.17, 15) is 5.11 Å². The van der Waals surface area contributed by atoms with E-state index in [0.29, 0.717) is 23.9 Å². The Morgan fingerprint density at radius 1 is 0.762 bits per heavy atom. The zero-order valence-electron chi connectivity index (χ0n) is 14.8. The second-order valence-electron chi connectivity index (χ2n) is 8.03. The van der Waals surface area contributed by atoms with Gasteiger partial charge in [-0.3, -0.25) is 0 Å². The summed E-state index contributed by atoms with van der Waals surface area (Å²) in [5, 5.41) is 11.2. The SMILES string of the molecule is CC(C)N1CCC(C(C)(O)C2CCN(C(C)C)CC2)CC1. The molecule has 2 fully saturated rings. The molecule has 21 heavy (non-hydrogen) atoms. The Labute approximate surface area is 131 Å². The Hall–Kier alpha value is -0.120. The first kappa shape index (κ1) is 17.2. The molecule has 0 atom stereocenters. The highest BCUT2D eigenvalue weighted by atomic mass is 16.3. The molecule has 2 aliphatic rings. The summed E-state index contributed by atoms with van der Waals surface area (Å²) in [6.45, 7) is 15.9. The van der Waals surface area contributed by atoms with E-state index in [0.717, 1.165) is 51.9 Å². The van der Waals surface area contributed by atoms with Gasteiger partial charge in [-0.2, -0.15) is 0 Å². The predicted octanol–water partition coefficient (Wildman–Crippen LogP) is 2.98. The Morgan fingerprint density at radius 2 is 1.05 bits per heavy atom. The molecule has 2 rings (SSSR count). The average Bonchev–Trinajstić information content (AvgIpc) is 2.47. The second-order valence-corrected chi connectivity index (χ2v) is 8.03. The molecule has 2 saturated heterocycles. The molecule has 0 unspecified atom stereocenters. The highest BCUT2D eigenvalue weighted by Crippen LogP contribution is 2.39. The van der Waals surface area contributed by atoms with Crippen LogP contribution in [0.25, 0.3) is 0 Å². The van der Waals surface area contributed by atoms with Gasteiger partial charge in [-0.05, 0) is 98.3 Å². The van der Waals surface area contributed by atoms with Crippen molar-refractivity contribution in [2.24, 2.45) is 11.8 Å². The molecule has 0 spiro atoms. The van der Waals surface area contributed by atoms with Crippen LogP contribution in [0.2, 0.25) is 0 Å². The maximum atomic E-state index is 11.2. The van der Waals surface area contributed by atoms with Crippen LogP contribution in [0.1, 0.15) is 60.3 Å². The molecule has 0 aromatic heterocycles. The van der Waals surface area contributed by atoms with Crippen LogP contribution in [0, 0.1) is 11.8 Å². The fourth-order valence-corrected chi connectivity index (χ4v) is 4.33. The van der Waals surface area contributed by atoms with Gasteiger partial charge in [-0.15, -0.1) is 0 Å². The van der Waals surface area contributed by atoms with Gasteiger partial charge in [0.1, 0.15) is 0 Å². The number of nitrogens with zero attached hydrogens (tertiary/aromatic N) is 2. The number of rotatable bonds is 4. The monoisotopic (exact) mass is 296 g/mol. The van der Waals surface area contributed by atoms with Crippen molar-refractivity contribution in [3.8, 4) is 0 Å². The van der Waals surface area contributed by atoms with Crippen molar-refractivity contribution >= 4 is 0 Å². The predicted molar refractivity (Wildman–Crippen MR) is 89.5 cm³/mol. The van der Waals surface area contributed by atoms with E-state index in [4.69, 9.17) is 0 Å². The molecular formula is C18H36N2O. The minimum atomic E-state index is -0.466. The van der Waals surface area contributed by atoms with Gasteiger partial charge in [0.2, 0.25) is 0 Å². The van der Waals surface area contributed by atoms with Gasteiger partial charge < -0.3 is 14.9 Å². The first-order chi connectivity index (χ1) is 9.82. The first-order valence-corrected chi connectivity index (χ1v) is 9.02. The van der Waals surface area contributed by atoms with Crippen LogP contribution in [-0.2, 0) is 0 Å². The molecule has 0 aromatic rings. The number of likely N-dealkylation sites (tertiary alicyclic amines) is 2. The summed E-state index contributed by atoms with van der Waals surface area (Å²) < 4.78 is 0. The van der Waals surface area contributed by atoms with Crippen LogP contribution >= 0.6 is 0 Å². The maximum Gasteiger partial charge on any atom is 0.0677 e. The lowest BCUT2D eigenvalue weighted by Gasteiger charge is -2.47. The summed E-state index contributed by atoms with van der Waals surface area (Å²) in [6.07, 6.45) is 4.65. The van der Waals surface area contributed by atoms with Crippen LogP contribution in [-0.4, -0.2) is 58.8 Å². The van der Waals surface area contributed by atoms with Crippen molar-refractivity contribution < 1.29 is 5.11 Å².